The normalized spacial score (nSPS) is 19.8. The predicted molar refractivity (Wildman–Crippen MR) is 80.0 cm³/mol. The van der Waals surface area contributed by atoms with Crippen LogP contribution >= 0.6 is 15.9 Å². The fourth-order valence-electron chi connectivity index (χ4n) is 2.34. The zero-order chi connectivity index (χ0) is 13.7. The van der Waals surface area contributed by atoms with Crippen LogP contribution in [0.15, 0.2) is 40.9 Å². The van der Waals surface area contributed by atoms with Crippen molar-refractivity contribution in [1.82, 2.24) is 0 Å². The molecule has 2 atom stereocenters. The number of methoxy groups -OCH3 is 1. The fourth-order valence-corrected chi connectivity index (χ4v) is 2.61. The Morgan fingerprint density at radius 2 is 2.11 bits per heavy atom. The topological polar surface area (TPSA) is 38.3 Å². The first-order valence-corrected chi connectivity index (χ1v) is 7.25. The first kappa shape index (κ1) is 14.1. The van der Waals surface area contributed by atoms with Gasteiger partial charge in [0.2, 0.25) is 0 Å². The minimum absolute atomic E-state index is 0.191. The van der Waals surface area contributed by atoms with Crippen molar-refractivity contribution in [3.63, 3.8) is 0 Å². The van der Waals surface area contributed by atoms with Crippen molar-refractivity contribution in [2.24, 2.45) is 5.92 Å². The Bertz CT molecular complexity index is 456. The van der Waals surface area contributed by atoms with Crippen LogP contribution in [0.2, 0.25) is 0 Å². The molecule has 0 amide bonds. The highest BCUT2D eigenvalue weighted by Gasteiger charge is 2.28. The van der Waals surface area contributed by atoms with Crippen LogP contribution in [0.25, 0.3) is 0 Å². The summed E-state index contributed by atoms with van der Waals surface area (Å²) >= 11 is 3.40. The summed E-state index contributed by atoms with van der Waals surface area (Å²) in [4.78, 5) is 12.0. The summed E-state index contributed by atoms with van der Waals surface area (Å²) in [5.74, 6) is 0.101. The van der Waals surface area contributed by atoms with E-state index in [9.17, 15) is 4.79 Å². The smallest absolute Gasteiger partial charge is 0.328 e. The molecule has 0 bridgehead atoms. The number of hydrogen-bond donors (Lipinski definition) is 1. The maximum absolute atomic E-state index is 12.0. The van der Waals surface area contributed by atoms with Gasteiger partial charge in [-0.05, 0) is 49.4 Å². The summed E-state index contributed by atoms with van der Waals surface area (Å²) < 4.78 is 5.95. The second-order valence-electron chi connectivity index (χ2n) is 4.70. The van der Waals surface area contributed by atoms with Crippen molar-refractivity contribution >= 4 is 27.6 Å². The maximum Gasteiger partial charge on any atom is 0.328 e. The number of benzene rings is 1. The van der Waals surface area contributed by atoms with Gasteiger partial charge in [-0.15, -0.1) is 0 Å². The van der Waals surface area contributed by atoms with E-state index in [0.29, 0.717) is 5.92 Å². The fraction of sp³-hybridized carbons (Fsp3) is 0.400. The van der Waals surface area contributed by atoms with Crippen LogP contribution in [-0.2, 0) is 9.53 Å². The monoisotopic (exact) mass is 323 g/mol. The first-order chi connectivity index (χ1) is 9.20. The Balaban J connectivity index is 2.11. The minimum atomic E-state index is -0.281. The standard InChI is InChI=1S/C15H18BrNO2/c1-19-15(18)14(11-5-3-2-4-6-11)17-13-9-7-12(16)8-10-13/h2-3,7-11,14,17H,4-6H2,1H3. The van der Waals surface area contributed by atoms with Gasteiger partial charge in [0, 0.05) is 10.2 Å². The average molecular weight is 324 g/mol. The molecule has 0 fully saturated rings. The molecule has 19 heavy (non-hydrogen) atoms. The summed E-state index contributed by atoms with van der Waals surface area (Å²) in [6, 6.07) is 7.54. The summed E-state index contributed by atoms with van der Waals surface area (Å²) in [5.41, 5.74) is 0.938. The lowest BCUT2D eigenvalue weighted by Gasteiger charge is -2.27. The molecular weight excluding hydrogens is 306 g/mol. The van der Waals surface area contributed by atoms with Crippen LogP contribution < -0.4 is 5.32 Å². The molecule has 0 saturated heterocycles. The third-order valence-electron chi connectivity index (χ3n) is 3.40. The first-order valence-electron chi connectivity index (χ1n) is 6.45. The van der Waals surface area contributed by atoms with E-state index in [0.717, 1.165) is 29.4 Å². The van der Waals surface area contributed by atoms with Gasteiger partial charge in [0.25, 0.3) is 0 Å². The van der Waals surface area contributed by atoms with Crippen molar-refractivity contribution < 1.29 is 9.53 Å². The van der Waals surface area contributed by atoms with E-state index in [4.69, 9.17) is 4.74 Å². The highest BCUT2D eigenvalue weighted by atomic mass is 79.9. The molecule has 102 valence electrons. The molecule has 4 heteroatoms. The van der Waals surface area contributed by atoms with E-state index in [1.165, 1.54) is 7.11 Å². The number of anilines is 1. The maximum atomic E-state index is 12.0. The van der Waals surface area contributed by atoms with Crippen molar-refractivity contribution in [2.75, 3.05) is 12.4 Å². The number of allylic oxidation sites excluding steroid dienone is 2. The average Bonchev–Trinajstić information content (AvgIpc) is 2.47. The van der Waals surface area contributed by atoms with E-state index >= 15 is 0 Å². The van der Waals surface area contributed by atoms with Gasteiger partial charge in [-0.25, -0.2) is 4.79 Å². The molecule has 1 aliphatic carbocycles. The Morgan fingerprint density at radius 1 is 1.37 bits per heavy atom. The van der Waals surface area contributed by atoms with Crippen molar-refractivity contribution in [1.29, 1.82) is 0 Å². The molecule has 0 aromatic heterocycles. The second-order valence-corrected chi connectivity index (χ2v) is 5.61. The van der Waals surface area contributed by atoms with E-state index in [1.54, 1.807) is 0 Å². The van der Waals surface area contributed by atoms with Crippen LogP contribution in [0.4, 0.5) is 5.69 Å². The Hall–Kier alpha value is -1.29. The third-order valence-corrected chi connectivity index (χ3v) is 3.93. The van der Waals surface area contributed by atoms with E-state index < -0.39 is 0 Å². The highest BCUT2D eigenvalue weighted by Crippen LogP contribution is 2.25. The molecule has 1 N–H and O–H groups in total. The van der Waals surface area contributed by atoms with E-state index in [-0.39, 0.29) is 12.0 Å². The number of carbonyl (C=O) groups is 1. The lowest BCUT2D eigenvalue weighted by molar-refractivity contribution is -0.142. The summed E-state index contributed by atoms with van der Waals surface area (Å²) in [6.45, 7) is 0. The number of hydrogen-bond acceptors (Lipinski definition) is 3. The Labute approximate surface area is 122 Å². The van der Waals surface area contributed by atoms with Crippen molar-refractivity contribution in [3.05, 3.63) is 40.9 Å². The lowest BCUT2D eigenvalue weighted by Crippen LogP contribution is -2.38. The second kappa shape index (κ2) is 6.75. The SMILES string of the molecule is COC(=O)C(Nc1ccc(Br)cc1)C1CC=CCC1. The molecule has 0 saturated carbocycles. The van der Waals surface area contributed by atoms with Crippen LogP contribution in [0.1, 0.15) is 19.3 Å². The molecule has 0 radical (unpaired) electrons. The number of carbonyl (C=O) groups excluding carboxylic acids is 1. The predicted octanol–water partition coefficient (Wildman–Crippen LogP) is 3.76. The molecule has 1 aromatic rings. The van der Waals surface area contributed by atoms with Crippen LogP contribution in [0, 0.1) is 5.92 Å². The largest absolute Gasteiger partial charge is 0.467 e. The number of nitrogens with one attached hydrogen (secondary N) is 1. The molecule has 0 aliphatic heterocycles. The molecule has 2 unspecified atom stereocenters. The summed E-state index contributed by atoms with van der Waals surface area (Å²) in [6.07, 6.45) is 7.28. The van der Waals surface area contributed by atoms with Gasteiger partial charge in [0.1, 0.15) is 6.04 Å². The quantitative estimate of drug-likeness (QED) is 0.677. The van der Waals surface area contributed by atoms with Gasteiger partial charge in [0.15, 0.2) is 0 Å². The number of halogens is 1. The zero-order valence-electron chi connectivity index (χ0n) is 10.9. The lowest BCUT2D eigenvalue weighted by atomic mass is 9.87. The van der Waals surface area contributed by atoms with Gasteiger partial charge < -0.3 is 10.1 Å². The molecule has 3 nitrogen and oxygen atoms in total. The van der Waals surface area contributed by atoms with Crippen molar-refractivity contribution in [3.8, 4) is 0 Å². The third kappa shape index (κ3) is 3.83. The van der Waals surface area contributed by atoms with Crippen LogP contribution in [0.3, 0.4) is 0 Å². The molecule has 2 rings (SSSR count). The zero-order valence-corrected chi connectivity index (χ0v) is 12.5. The summed E-state index contributed by atoms with van der Waals surface area (Å²) in [5, 5.41) is 3.30. The highest BCUT2D eigenvalue weighted by molar-refractivity contribution is 9.10. The minimum Gasteiger partial charge on any atom is -0.467 e. The summed E-state index contributed by atoms with van der Waals surface area (Å²) in [7, 11) is 1.44. The molecule has 1 aliphatic rings. The molecule has 0 heterocycles. The molecular formula is C15H18BrNO2. The number of ether oxygens (including phenoxy) is 1. The Morgan fingerprint density at radius 3 is 2.68 bits per heavy atom. The van der Waals surface area contributed by atoms with Gasteiger partial charge in [-0.3, -0.25) is 0 Å². The molecule has 0 spiro atoms. The number of rotatable bonds is 4. The van der Waals surface area contributed by atoms with Gasteiger partial charge in [0.05, 0.1) is 7.11 Å². The van der Waals surface area contributed by atoms with Crippen molar-refractivity contribution in [2.45, 2.75) is 25.3 Å². The van der Waals surface area contributed by atoms with Gasteiger partial charge in [-0.1, -0.05) is 28.1 Å². The van der Waals surface area contributed by atoms with Gasteiger partial charge >= 0.3 is 5.97 Å². The van der Waals surface area contributed by atoms with Crippen LogP contribution in [0.5, 0.6) is 0 Å². The van der Waals surface area contributed by atoms with E-state index in [2.05, 4.69) is 33.4 Å². The van der Waals surface area contributed by atoms with E-state index in [1.807, 2.05) is 24.3 Å². The Kier molecular flexibility index (Phi) is 5.02. The van der Waals surface area contributed by atoms with Gasteiger partial charge in [-0.2, -0.15) is 0 Å². The molecule has 1 aromatic carbocycles. The number of esters is 1. The van der Waals surface area contributed by atoms with Crippen LogP contribution in [-0.4, -0.2) is 19.1 Å².